The molecule has 6 nitrogen and oxygen atoms in total. The van der Waals surface area contributed by atoms with Gasteiger partial charge in [-0.25, -0.2) is 0 Å². The zero-order chi connectivity index (χ0) is 49.9. The number of aromatic nitrogens is 4. The molecule has 0 saturated carbocycles. The Kier molecular flexibility index (Phi) is 9.20. The van der Waals surface area contributed by atoms with Gasteiger partial charge in [0.1, 0.15) is 0 Å². The Hall–Kier alpha value is -10.4. The summed E-state index contributed by atoms with van der Waals surface area (Å²) in [5, 5.41) is 30.1. The average molecular weight is 955 g/mol. The van der Waals surface area contributed by atoms with Gasteiger partial charge in [-0.1, -0.05) is 121 Å². The lowest BCUT2D eigenvalue weighted by atomic mass is 9.92. The number of nitrogens with zero attached hydrogens (tertiary/aromatic N) is 6. The second-order valence-corrected chi connectivity index (χ2v) is 19.6. The quantitative estimate of drug-likeness (QED) is 0.167. The van der Waals surface area contributed by atoms with E-state index in [1.165, 1.54) is 21.5 Å². The molecule has 0 saturated heterocycles. The van der Waals surface area contributed by atoms with E-state index in [4.69, 9.17) is 0 Å². The maximum Gasteiger partial charge on any atom is 0.0991 e. The molecule has 0 unspecified atom stereocenters. The van der Waals surface area contributed by atoms with Crippen molar-refractivity contribution < 1.29 is 0 Å². The Morgan fingerprint density at radius 2 is 0.653 bits per heavy atom. The number of fused-ring (bicyclic) bond motifs is 12. The topological polar surface area (TPSA) is 67.3 Å². The molecule has 348 valence electrons. The monoisotopic (exact) mass is 954 g/mol. The lowest BCUT2D eigenvalue weighted by Crippen LogP contribution is -2.03. The highest BCUT2D eigenvalue weighted by molar-refractivity contribution is 6.21. The molecule has 0 bridgehead atoms. The Morgan fingerprint density at radius 3 is 1.11 bits per heavy atom. The number of nitriles is 2. The van der Waals surface area contributed by atoms with Gasteiger partial charge in [0, 0.05) is 65.6 Å². The summed E-state index contributed by atoms with van der Waals surface area (Å²) in [4.78, 5) is 0. The van der Waals surface area contributed by atoms with E-state index < -0.39 is 0 Å². The van der Waals surface area contributed by atoms with Crippen LogP contribution >= 0.6 is 0 Å². The SMILES string of the molecule is Cc1cc(C#N)ccc1-c1ccc(-n2c3ccccc3c3cc4c5ccccc5n(-c5ccccc5)c4cc32)c(-c2cc(C#N)ccc2-n2c3ccccc3c3cc4c5ccccc5n(-c5ccccc5)c4cc32)c1. The van der Waals surface area contributed by atoms with Crippen LogP contribution in [-0.4, -0.2) is 18.3 Å². The Morgan fingerprint density at radius 1 is 0.280 bits per heavy atom. The lowest BCUT2D eigenvalue weighted by Gasteiger charge is -2.20. The van der Waals surface area contributed by atoms with E-state index in [0.29, 0.717) is 11.1 Å². The molecular formula is C69H42N6. The van der Waals surface area contributed by atoms with Crippen molar-refractivity contribution in [1.29, 1.82) is 10.5 Å². The third-order valence-electron chi connectivity index (χ3n) is 15.5. The van der Waals surface area contributed by atoms with Gasteiger partial charge in [0.25, 0.3) is 0 Å². The molecule has 0 aliphatic rings. The average Bonchev–Trinajstić information content (AvgIpc) is 4.31. The molecule has 0 amide bonds. The molecule has 0 atom stereocenters. The van der Waals surface area contributed by atoms with Gasteiger partial charge in [0.05, 0.1) is 78.8 Å². The summed E-state index contributed by atoms with van der Waals surface area (Å²) in [5.41, 5.74) is 19.0. The lowest BCUT2D eigenvalue weighted by molar-refractivity contribution is 1.15. The first kappa shape index (κ1) is 42.3. The van der Waals surface area contributed by atoms with E-state index in [-0.39, 0.29) is 0 Å². The highest BCUT2D eigenvalue weighted by atomic mass is 15.0. The summed E-state index contributed by atoms with van der Waals surface area (Å²) in [6, 6.07) is 89.2. The molecule has 4 aromatic heterocycles. The highest BCUT2D eigenvalue weighted by Gasteiger charge is 2.25. The van der Waals surface area contributed by atoms with Gasteiger partial charge in [-0.2, -0.15) is 10.5 Å². The first-order valence-corrected chi connectivity index (χ1v) is 25.3. The molecule has 0 fully saturated rings. The molecule has 0 N–H and O–H groups in total. The number of benzene rings is 11. The Balaban J connectivity index is 1.07. The van der Waals surface area contributed by atoms with Crippen LogP contribution in [0.2, 0.25) is 0 Å². The molecule has 15 rings (SSSR count). The first-order valence-electron chi connectivity index (χ1n) is 25.3. The minimum Gasteiger partial charge on any atom is -0.309 e. The number of rotatable bonds is 6. The Labute approximate surface area is 431 Å². The van der Waals surface area contributed by atoms with E-state index in [2.05, 4.69) is 256 Å². The van der Waals surface area contributed by atoms with Gasteiger partial charge in [-0.05, 0) is 139 Å². The van der Waals surface area contributed by atoms with Gasteiger partial charge in [0.15, 0.2) is 0 Å². The summed E-state index contributed by atoms with van der Waals surface area (Å²) >= 11 is 0. The van der Waals surface area contributed by atoms with Gasteiger partial charge < -0.3 is 18.3 Å². The second-order valence-electron chi connectivity index (χ2n) is 19.6. The molecule has 15 aromatic rings. The molecule has 11 aromatic carbocycles. The van der Waals surface area contributed by atoms with E-state index >= 15 is 0 Å². The van der Waals surface area contributed by atoms with Gasteiger partial charge >= 0.3 is 0 Å². The van der Waals surface area contributed by atoms with Crippen molar-refractivity contribution >= 4 is 87.2 Å². The summed E-state index contributed by atoms with van der Waals surface area (Å²) in [7, 11) is 0. The van der Waals surface area contributed by atoms with Gasteiger partial charge in [-0.3, -0.25) is 0 Å². The van der Waals surface area contributed by atoms with Gasteiger partial charge in [-0.15, -0.1) is 0 Å². The van der Waals surface area contributed by atoms with Crippen LogP contribution in [0.3, 0.4) is 0 Å². The standard InChI is InChI=1S/C69H42N6/c1-43-34-44(41-70)28-31-49(43)46-30-33-65(75-63-27-15-11-23-53(63)59-38-57-51-21-9-13-25-61(51)73(67(57)40-69(59)75)48-18-6-3-7-19-48)55(36-46)54-35-45(42-71)29-32-64(54)74-62-26-14-10-22-52(62)58-37-56-50-20-8-12-24-60(50)72(66(56)39-68(58)74)47-16-4-2-5-17-47/h2-40H,1H3. The molecule has 0 radical (unpaired) electrons. The zero-order valence-electron chi connectivity index (χ0n) is 40.7. The van der Waals surface area contributed by atoms with Crippen LogP contribution in [0.4, 0.5) is 0 Å². The molecule has 0 aliphatic heterocycles. The van der Waals surface area contributed by atoms with Crippen molar-refractivity contribution in [3.05, 3.63) is 253 Å². The van der Waals surface area contributed by atoms with Crippen LogP contribution < -0.4 is 0 Å². The summed E-state index contributed by atoms with van der Waals surface area (Å²) < 4.78 is 9.60. The fourth-order valence-corrected chi connectivity index (χ4v) is 12.3. The smallest absolute Gasteiger partial charge is 0.0991 e. The molecule has 6 heteroatoms. The van der Waals surface area contributed by atoms with Crippen molar-refractivity contribution in [3.63, 3.8) is 0 Å². The van der Waals surface area contributed by atoms with E-state index in [1.807, 2.05) is 18.2 Å². The van der Waals surface area contributed by atoms with E-state index in [0.717, 1.165) is 116 Å². The predicted octanol–water partition coefficient (Wildman–Crippen LogP) is 17.5. The number of aryl methyl sites for hydroxylation is 1. The normalized spacial score (nSPS) is 11.8. The fraction of sp³-hybridized carbons (Fsp3) is 0.0145. The number of hydrogen-bond donors (Lipinski definition) is 0. The van der Waals surface area contributed by atoms with Crippen molar-refractivity contribution in [2.24, 2.45) is 0 Å². The number of hydrogen-bond acceptors (Lipinski definition) is 2. The largest absolute Gasteiger partial charge is 0.309 e. The maximum atomic E-state index is 10.8. The third kappa shape index (κ3) is 6.24. The zero-order valence-corrected chi connectivity index (χ0v) is 40.7. The highest BCUT2D eigenvalue weighted by Crippen LogP contribution is 2.46. The van der Waals surface area contributed by atoms with Crippen LogP contribution in [-0.2, 0) is 0 Å². The van der Waals surface area contributed by atoms with Crippen LogP contribution in [0.1, 0.15) is 16.7 Å². The van der Waals surface area contributed by atoms with Crippen LogP contribution in [0.5, 0.6) is 0 Å². The van der Waals surface area contributed by atoms with Crippen molar-refractivity contribution in [1.82, 2.24) is 18.3 Å². The predicted molar refractivity (Wildman–Crippen MR) is 309 cm³/mol. The van der Waals surface area contributed by atoms with Gasteiger partial charge in [0.2, 0.25) is 0 Å². The van der Waals surface area contributed by atoms with Crippen molar-refractivity contribution in [3.8, 4) is 57.1 Å². The van der Waals surface area contributed by atoms with E-state index in [9.17, 15) is 10.5 Å². The minimum atomic E-state index is 0.559. The Bertz CT molecular complexity index is 4970. The molecule has 4 heterocycles. The van der Waals surface area contributed by atoms with Crippen molar-refractivity contribution in [2.45, 2.75) is 6.92 Å². The second kappa shape index (κ2) is 16.3. The molecular weight excluding hydrogens is 913 g/mol. The summed E-state index contributed by atoms with van der Waals surface area (Å²) in [6.07, 6.45) is 0. The molecule has 75 heavy (non-hydrogen) atoms. The molecule has 0 spiro atoms. The van der Waals surface area contributed by atoms with Crippen LogP contribution in [0.15, 0.2) is 237 Å². The maximum absolute atomic E-state index is 10.8. The van der Waals surface area contributed by atoms with E-state index in [1.54, 1.807) is 0 Å². The fourth-order valence-electron chi connectivity index (χ4n) is 12.3. The minimum absolute atomic E-state index is 0.559. The first-order chi connectivity index (χ1) is 37.0. The molecule has 0 aliphatic carbocycles. The third-order valence-corrected chi connectivity index (χ3v) is 15.5. The van der Waals surface area contributed by atoms with Crippen molar-refractivity contribution in [2.75, 3.05) is 0 Å². The van der Waals surface area contributed by atoms with Crippen LogP contribution in [0.25, 0.3) is 132 Å². The summed E-state index contributed by atoms with van der Waals surface area (Å²) in [6.45, 7) is 2.07. The number of para-hydroxylation sites is 6. The van der Waals surface area contributed by atoms with Crippen LogP contribution in [0, 0.1) is 29.6 Å². The summed E-state index contributed by atoms with van der Waals surface area (Å²) in [5.74, 6) is 0.